The quantitative estimate of drug-likeness (QED) is 0.512. The molecule has 3 rings (SSSR count). The molecule has 1 aromatic heterocycles. The van der Waals surface area contributed by atoms with E-state index in [4.69, 9.17) is 4.74 Å². The molecule has 0 atom stereocenters. The zero-order chi connectivity index (χ0) is 21.2. The van der Waals surface area contributed by atoms with E-state index in [1.165, 1.54) is 18.2 Å². The summed E-state index contributed by atoms with van der Waals surface area (Å²) < 4.78 is 61.2. The maximum atomic E-state index is 12.8. The van der Waals surface area contributed by atoms with Crippen LogP contribution in [0.3, 0.4) is 0 Å². The number of aryl methyl sites for hydroxylation is 1. The van der Waals surface area contributed by atoms with Crippen molar-refractivity contribution < 1.29 is 21.6 Å². The maximum absolute atomic E-state index is 12.8. The summed E-state index contributed by atoms with van der Waals surface area (Å²) >= 11 is 1.13. The first kappa shape index (κ1) is 21.7. The Morgan fingerprint density at radius 1 is 1.03 bits per heavy atom. The predicted molar refractivity (Wildman–Crippen MR) is 113 cm³/mol. The van der Waals surface area contributed by atoms with Crippen molar-refractivity contribution in [3.05, 3.63) is 52.8 Å². The lowest BCUT2D eigenvalue weighted by Gasteiger charge is -2.06. The Bertz CT molecular complexity index is 1300. The Balaban J connectivity index is 2.19. The van der Waals surface area contributed by atoms with Crippen molar-refractivity contribution >= 4 is 41.4 Å². The second-order valence-electron chi connectivity index (χ2n) is 6.51. The van der Waals surface area contributed by atoms with E-state index in [-0.39, 0.29) is 14.6 Å². The lowest BCUT2D eigenvalue weighted by molar-refractivity contribution is 0.139. The Morgan fingerprint density at radius 2 is 1.69 bits per heavy atom. The third-order valence-corrected chi connectivity index (χ3v) is 7.81. The number of aromatic nitrogens is 1. The molecule has 2 aromatic carbocycles. The minimum Gasteiger partial charge on any atom is -0.380 e. The Hall–Kier alpha value is -2.01. The topological polar surface area (TPSA) is 94.8 Å². The zero-order valence-electron chi connectivity index (χ0n) is 16.3. The molecule has 3 aromatic rings. The molecule has 0 spiro atoms. The van der Waals surface area contributed by atoms with E-state index in [9.17, 15) is 16.8 Å². The highest BCUT2D eigenvalue weighted by Gasteiger charge is 2.16. The van der Waals surface area contributed by atoms with Gasteiger partial charge in [-0.3, -0.25) is 0 Å². The molecule has 0 aliphatic carbocycles. The first-order valence-corrected chi connectivity index (χ1v) is 13.1. The van der Waals surface area contributed by atoms with Gasteiger partial charge in [-0.15, -0.1) is 4.40 Å². The number of fused-ring (bicyclic) bond motifs is 1. The van der Waals surface area contributed by atoms with Crippen molar-refractivity contribution in [2.24, 2.45) is 4.40 Å². The van der Waals surface area contributed by atoms with Crippen LogP contribution < -0.4 is 4.80 Å². The van der Waals surface area contributed by atoms with Gasteiger partial charge in [0.15, 0.2) is 9.84 Å². The zero-order valence-corrected chi connectivity index (χ0v) is 18.8. The van der Waals surface area contributed by atoms with Crippen LogP contribution in [0.1, 0.15) is 12.5 Å². The van der Waals surface area contributed by atoms with Gasteiger partial charge in [-0.25, -0.2) is 8.42 Å². The van der Waals surface area contributed by atoms with Crippen LogP contribution in [0.2, 0.25) is 0 Å². The van der Waals surface area contributed by atoms with Crippen LogP contribution in [0.25, 0.3) is 10.2 Å². The molecule has 0 saturated carbocycles. The largest absolute Gasteiger partial charge is 0.380 e. The molecule has 1 heterocycles. The van der Waals surface area contributed by atoms with Crippen molar-refractivity contribution in [1.29, 1.82) is 0 Å². The first-order valence-electron chi connectivity index (χ1n) is 8.90. The van der Waals surface area contributed by atoms with Gasteiger partial charge in [0.05, 0.1) is 26.6 Å². The smallest absolute Gasteiger partial charge is 0.285 e. The summed E-state index contributed by atoms with van der Waals surface area (Å²) in [5, 5.41) is 0. The molecule has 0 bridgehead atoms. The second-order valence-corrected chi connectivity index (χ2v) is 11.1. The second kappa shape index (κ2) is 8.39. The summed E-state index contributed by atoms with van der Waals surface area (Å²) in [5.41, 5.74) is 1.66. The lowest BCUT2D eigenvalue weighted by atomic mass is 10.2. The van der Waals surface area contributed by atoms with Gasteiger partial charge in [0.25, 0.3) is 10.0 Å². The molecule has 0 amide bonds. The number of hydrogen-bond acceptors (Lipinski definition) is 6. The lowest BCUT2D eigenvalue weighted by Crippen LogP contribution is -2.20. The van der Waals surface area contributed by atoms with Crippen LogP contribution in [0, 0.1) is 6.92 Å². The fourth-order valence-corrected chi connectivity index (χ4v) is 5.76. The molecular weight excluding hydrogens is 432 g/mol. The number of nitrogens with zero attached hydrogens (tertiary/aromatic N) is 2. The number of hydrogen-bond donors (Lipinski definition) is 0. The molecular formula is C19H22N2O5S3. The third kappa shape index (κ3) is 4.95. The van der Waals surface area contributed by atoms with Gasteiger partial charge >= 0.3 is 0 Å². The standard InChI is InChI=1S/C19H22N2O5S3/c1-4-26-12-11-21-17-10-9-16(28(3,22)23)13-18(17)27-19(21)20-29(24,25)15-7-5-14(2)6-8-15/h5-10,13H,4,11-12H2,1-3H3. The molecule has 10 heteroatoms. The molecule has 0 saturated heterocycles. The van der Waals surface area contributed by atoms with Crippen LogP contribution in [-0.4, -0.2) is 40.9 Å². The minimum absolute atomic E-state index is 0.105. The summed E-state index contributed by atoms with van der Waals surface area (Å²) in [4.78, 5) is 0.552. The average Bonchev–Trinajstić information content (AvgIpc) is 2.97. The molecule has 7 nitrogen and oxygen atoms in total. The molecule has 0 N–H and O–H groups in total. The maximum Gasteiger partial charge on any atom is 0.285 e. The van der Waals surface area contributed by atoms with Gasteiger partial charge in [-0.05, 0) is 44.2 Å². The molecule has 0 radical (unpaired) electrons. The third-order valence-electron chi connectivity index (χ3n) is 4.26. The van der Waals surface area contributed by atoms with Crippen LogP contribution in [0.15, 0.2) is 56.7 Å². The van der Waals surface area contributed by atoms with Crippen molar-refractivity contribution in [1.82, 2.24) is 4.57 Å². The number of thiazole rings is 1. The normalized spacial score (nSPS) is 13.3. The summed E-state index contributed by atoms with van der Waals surface area (Å²) in [6.07, 6.45) is 1.14. The molecule has 156 valence electrons. The highest BCUT2D eigenvalue weighted by atomic mass is 32.2. The SMILES string of the molecule is CCOCCn1c(=NS(=O)(=O)c2ccc(C)cc2)sc2cc(S(C)(=O)=O)ccc21. The molecule has 0 fully saturated rings. The monoisotopic (exact) mass is 454 g/mol. The summed E-state index contributed by atoms with van der Waals surface area (Å²) in [6, 6.07) is 11.2. The number of benzene rings is 2. The van der Waals surface area contributed by atoms with Gasteiger partial charge in [0, 0.05) is 19.4 Å². The van der Waals surface area contributed by atoms with Gasteiger partial charge < -0.3 is 9.30 Å². The highest BCUT2D eigenvalue weighted by molar-refractivity contribution is 7.90. The molecule has 0 aliphatic heterocycles. The first-order chi connectivity index (χ1) is 13.6. The van der Waals surface area contributed by atoms with Crippen LogP contribution >= 0.6 is 11.3 Å². The van der Waals surface area contributed by atoms with Gasteiger partial charge in [0.1, 0.15) is 0 Å². The van der Waals surface area contributed by atoms with Gasteiger partial charge in [0.2, 0.25) is 4.80 Å². The number of rotatable bonds is 7. The van der Waals surface area contributed by atoms with E-state index >= 15 is 0 Å². The average molecular weight is 455 g/mol. The molecule has 0 aliphatic rings. The van der Waals surface area contributed by atoms with E-state index in [0.29, 0.717) is 30.0 Å². The van der Waals surface area contributed by atoms with E-state index in [2.05, 4.69) is 4.40 Å². The Morgan fingerprint density at radius 3 is 2.31 bits per heavy atom. The van der Waals surface area contributed by atoms with Crippen molar-refractivity contribution in [2.45, 2.75) is 30.2 Å². The Labute approximate surface area is 174 Å². The van der Waals surface area contributed by atoms with Gasteiger partial charge in [-0.2, -0.15) is 8.42 Å². The van der Waals surface area contributed by atoms with Crippen LogP contribution in [0.4, 0.5) is 0 Å². The molecule has 29 heavy (non-hydrogen) atoms. The van der Waals surface area contributed by atoms with Crippen LogP contribution in [-0.2, 0) is 31.1 Å². The minimum atomic E-state index is -3.91. The number of sulfone groups is 1. The van der Waals surface area contributed by atoms with Crippen molar-refractivity contribution in [2.75, 3.05) is 19.5 Å². The van der Waals surface area contributed by atoms with Crippen molar-refractivity contribution in [3.63, 3.8) is 0 Å². The molecule has 0 unspecified atom stereocenters. The highest BCUT2D eigenvalue weighted by Crippen LogP contribution is 2.22. The summed E-state index contributed by atoms with van der Waals surface area (Å²) in [7, 11) is -7.29. The Kier molecular flexibility index (Phi) is 6.27. The predicted octanol–water partition coefficient (Wildman–Crippen LogP) is 2.74. The van der Waals surface area contributed by atoms with E-state index in [1.807, 2.05) is 13.8 Å². The van der Waals surface area contributed by atoms with Crippen LogP contribution in [0.5, 0.6) is 0 Å². The fraction of sp³-hybridized carbons (Fsp3) is 0.316. The van der Waals surface area contributed by atoms with E-state index in [1.54, 1.807) is 28.8 Å². The van der Waals surface area contributed by atoms with E-state index < -0.39 is 19.9 Å². The number of sulfonamides is 1. The summed E-state index contributed by atoms with van der Waals surface area (Å²) in [6.45, 7) is 5.07. The van der Waals surface area contributed by atoms with E-state index in [0.717, 1.165) is 23.2 Å². The van der Waals surface area contributed by atoms with Gasteiger partial charge in [-0.1, -0.05) is 29.0 Å². The van der Waals surface area contributed by atoms with Crippen molar-refractivity contribution in [3.8, 4) is 0 Å². The fourth-order valence-electron chi connectivity index (χ4n) is 2.74. The summed E-state index contributed by atoms with van der Waals surface area (Å²) in [5.74, 6) is 0. The number of ether oxygens (including phenoxy) is 1.